The second-order valence-electron chi connectivity index (χ2n) is 4.69. The largest absolute Gasteiger partial charge is 0.490 e. The summed E-state index contributed by atoms with van der Waals surface area (Å²) in [5, 5.41) is 4.08. The molecule has 0 fully saturated rings. The molecular formula is C18H17ClINO2. The number of nitrogens with one attached hydrogen (secondary N) is 1. The van der Waals surface area contributed by atoms with Crippen molar-refractivity contribution in [3.8, 4) is 23.8 Å². The van der Waals surface area contributed by atoms with Gasteiger partial charge in [0.15, 0.2) is 11.5 Å². The van der Waals surface area contributed by atoms with Crippen LogP contribution in [0.2, 0.25) is 5.02 Å². The van der Waals surface area contributed by atoms with Crippen LogP contribution in [0.1, 0.15) is 12.5 Å². The van der Waals surface area contributed by atoms with Gasteiger partial charge in [0, 0.05) is 17.3 Å². The average molecular weight is 442 g/mol. The first-order valence-corrected chi connectivity index (χ1v) is 8.60. The lowest BCUT2D eigenvalue weighted by atomic mass is 10.2. The Hall–Kier alpha value is -1.58. The molecule has 2 rings (SSSR count). The third kappa shape index (κ3) is 5.22. The number of terminal acetylenes is 1. The molecule has 0 atom stereocenters. The lowest BCUT2D eigenvalue weighted by molar-refractivity contribution is 0.297. The van der Waals surface area contributed by atoms with E-state index in [-0.39, 0.29) is 6.61 Å². The predicted octanol–water partition coefficient (Wildman–Crippen LogP) is 4.97. The topological polar surface area (TPSA) is 30.5 Å². The van der Waals surface area contributed by atoms with Gasteiger partial charge >= 0.3 is 0 Å². The monoisotopic (exact) mass is 441 g/mol. The molecule has 0 radical (unpaired) electrons. The second-order valence-corrected chi connectivity index (χ2v) is 6.29. The molecule has 0 bridgehead atoms. The van der Waals surface area contributed by atoms with Crippen molar-refractivity contribution in [2.75, 3.05) is 18.5 Å². The van der Waals surface area contributed by atoms with Crippen molar-refractivity contribution >= 4 is 39.9 Å². The molecule has 5 heteroatoms. The maximum Gasteiger partial charge on any atom is 0.175 e. The van der Waals surface area contributed by atoms with E-state index in [0.717, 1.165) is 19.8 Å². The van der Waals surface area contributed by atoms with E-state index in [0.29, 0.717) is 24.7 Å². The Morgan fingerprint density at radius 1 is 1.22 bits per heavy atom. The molecule has 23 heavy (non-hydrogen) atoms. The third-order valence-electron chi connectivity index (χ3n) is 3.01. The van der Waals surface area contributed by atoms with Crippen molar-refractivity contribution in [1.29, 1.82) is 0 Å². The van der Waals surface area contributed by atoms with Gasteiger partial charge in [-0.2, -0.15) is 0 Å². The minimum atomic E-state index is 0.221. The second kappa shape index (κ2) is 8.90. The van der Waals surface area contributed by atoms with Gasteiger partial charge in [0.05, 0.1) is 10.2 Å². The molecule has 0 unspecified atom stereocenters. The minimum Gasteiger partial charge on any atom is -0.490 e. The van der Waals surface area contributed by atoms with Crippen LogP contribution in [0.25, 0.3) is 0 Å². The molecule has 0 saturated heterocycles. The van der Waals surface area contributed by atoms with Gasteiger partial charge in [0.1, 0.15) is 6.61 Å². The standard InChI is InChI=1S/C18H17ClINO2/c1-3-9-23-18-16(20)10-13(11-17(18)22-4-2)12-21-15-7-5-14(19)6-8-15/h1,5-8,10-11,21H,4,9,12H2,2H3. The highest BCUT2D eigenvalue weighted by Crippen LogP contribution is 2.34. The van der Waals surface area contributed by atoms with Gasteiger partial charge in [-0.3, -0.25) is 0 Å². The van der Waals surface area contributed by atoms with Crippen LogP contribution in [0, 0.1) is 15.9 Å². The molecule has 1 N–H and O–H groups in total. The van der Waals surface area contributed by atoms with Gasteiger partial charge in [0.2, 0.25) is 0 Å². The molecule has 2 aromatic rings. The molecule has 0 aliphatic heterocycles. The number of benzene rings is 2. The molecule has 2 aromatic carbocycles. The van der Waals surface area contributed by atoms with Gasteiger partial charge in [-0.1, -0.05) is 17.5 Å². The lowest BCUT2D eigenvalue weighted by Crippen LogP contribution is -2.04. The predicted molar refractivity (Wildman–Crippen MR) is 103 cm³/mol. The van der Waals surface area contributed by atoms with Crippen molar-refractivity contribution in [3.63, 3.8) is 0 Å². The first-order chi connectivity index (χ1) is 11.1. The number of rotatable bonds is 7. The van der Waals surface area contributed by atoms with Crippen molar-refractivity contribution in [2.45, 2.75) is 13.5 Å². The van der Waals surface area contributed by atoms with E-state index >= 15 is 0 Å². The third-order valence-corrected chi connectivity index (χ3v) is 4.06. The van der Waals surface area contributed by atoms with E-state index in [9.17, 15) is 0 Å². The number of hydrogen-bond acceptors (Lipinski definition) is 3. The van der Waals surface area contributed by atoms with E-state index in [1.54, 1.807) is 0 Å². The van der Waals surface area contributed by atoms with Crippen molar-refractivity contribution < 1.29 is 9.47 Å². The van der Waals surface area contributed by atoms with Crippen LogP contribution >= 0.6 is 34.2 Å². The summed E-state index contributed by atoms with van der Waals surface area (Å²) in [7, 11) is 0. The zero-order chi connectivity index (χ0) is 16.7. The Labute approximate surface area is 155 Å². The number of ether oxygens (including phenoxy) is 2. The fourth-order valence-corrected chi connectivity index (χ4v) is 2.96. The summed E-state index contributed by atoms with van der Waals surface area (Å²) >= 11 is 8.12. The SMILES string of the molecule is C#CCOc1c(I)cc(CNc2ccc(Cl)cc2)cc1OCC. The highest BCUT2D eigenvalue weighted by atomic mass is 127. The Morgan fingerprint density at radius 3 is 2.61 bits per heavy atom. The normalized spacial score (nSPS) is 10.0. The Bertz CT molecular complexity index is 695. The van der Waals surface area contributed by atoms with Crippen molar-refractivity contribution in [2.24, 2.45) is 0 Å². The Balaban J connectivity index is 2.15. The maximum absolute atomic E-state index is 5.89. The summed E-state index contributed by atoms with van der Waals surface area (Å²) < 4.78 is 12.2. The minimum absolute atomic E-state index is 0.221. The molecule has 0 aromatic heterocycles. The Morgan fingerprint density at radius 2 is 1.96 bits per heavy atom. The number of anilines is 1. The molecule has 120 valence electrons. The first kappa shape index (κ1) is 17.8. The molecule has 0 amide bonds. The highest BCUT2D eigenvalue weighted by molar-refractivity contribution is 14.1. The van der Waals surface area contributed by atoms with Gasteiger partial charge in [-0.25, -0.2) is 0 Å². The van der Waals surface area contributed by atoms with E-state index in [1.807, 2.05) is 37.3 Å². The van der Waals surface area contributed by atoms with Gasteiger partial charge in [-0.05, 0) is 71.5 Å². The Kier molecular flexibility index (Phi) is 6.87. The van der Waals surface area contributed by atoms with Crippen LogP contribution in [0.3, 0.4) is 0 Å². The molecule has 0 saturated carbocycles. The van der Waals surface area contributed by atoms with Gasteiger partial charge in [0.25, 0.3) is 0 Å². The van der Waals surface area contributed by atoms with E-state index in [2.05, 4.69) is 39.9 Å². The average Bonchev–Trinajstić information content (AvgIpc) is 2.54. The molecule has 0 aliphatic carbocycles. The highest BCUT2D eigenvalue weighted by Gasteiger charge is 2.12. The van der Waals surface area contributed by atoms with E-state index < -0.39 is 0 Å². The van der Waals surface area contributed by atoms with Crippen LogP contribution in [0.4, 0.5) is 5.69 Å². The maximum atomic E-state index is 5.89. The van der Waals surface area contributed by atoms with Crippen molar-refractivity contribution in [3.05, 3.63) is 50.6 Å². The molecular weight excluding hydrogens is 425 g/mol. The molecule has 0 heterocycles. The van der Waals surface area contributed by atoms with Crippen LogP contribution in [0.5, 0.6) is 11.5 Å². The summed E-state index contributed by atoms with van der Waals surface area (Å²) in [6.07, 6.45) is 5.27. The van der Waals surface area contributed by atoms with Gasteiger partial charge in [-0.15, -0.1) is 6.42 Å². The fourth-order valence-electron chi connectivity index (χ4n) is 2.01. The van der Waals surface area contributed by atoms with E-state index in [1.165, 1.54) is 0 Å². The lowest BCUT2D eigenvalue weighted by Gasteiger charge is -2.15. The summed E-state index contributed by atoms with van der Waals surface area (Å²) in [5.41, 5.74) is 2.11. The zero-order valence-electron chi connectivity index (χ0n) is 12.7. The summed E-state index contributed by atoms with van der Waals surface area (Å²) in [6, 6.07) is 11.6. The number of hydrogen-bond donors (Lipinski definition) is 1. The van der Waals surface area contributed by atoms with Gasteiger partial charge < -0.3 is 14.8 Å². The van der Waals surface area contributed by atoms with Crippen LogP contribution in [-0.4, -0.2) is 13.2 Å². The van der Waals surface area contributed by atoms with Crippen LogP contribution < -0.4 is 14.8 Å². The molecule has 0 spiro atoms. The van der Waals surface area contributed by atoms with E-state index in [4.69, 9.17) is 27.5 Å². The summed E-state index contributed by atoms with van der Waals surface area (Å²) in [4.78, 5) is 0. The molecule has 0 aliphatic rings. The fraction of sp³-hybridized carbons (Fsp3) is 0.222. The number of halogens is 2. The zero-order valence-corrected chi connectivity index (χ0v) is 15.6. The smallest absolute Gasteiger partial charge is 0.175 e. The van der Waals surface area contributed by atoms with Crippen LogP contribution in [-0.2, 0) is 6.54 Å². The molecule has 3 nitrogen and oxygen atoms in total. The van der Waals surface area contributed by atoms with Crippen molar-refractivity contribution in [1.82, 2.24) is 0 Å². The van der Waals surface area contributed by atoms with Crippen LogP contribution in [0.15, 0.2) is 36.4 Å². The summed E-state index contributed by atoms with van der Waals surface area (Å²) in [5.74, 6) is 3.88. The summed E-state index contributed by atoms with van der Waals surface area (Å²) in [6.45, 7) is 3.40. The quantitative estimate of drug-likeness (QED) is 0.486. The first-order valence-electron chi connectivity index (χ1n) is 7.15.